The summed E-state index contributed by atoms with van der Waals surface area (Å²) in [6, 6.07) is 6.06. The Morgan fingerprint density at radius 3 is 2.29 bits per heavy atom. The number of anilines is 1. The number of aliphatic hydroxyl groups is 1. The molecule has 0 saturated carbocycles. The van der Waals surface area contributed by atoms with Gasteiger partial charge in [-0.25, -0.2) is 4.79 Å². The standard InChI is InChI=1S/C19H26N2O.C10H13N5O4/c1-7-16-14(4)20-19(22)18(21(5)6)17(16)11-15-9-12(2)8-13(3)10-15;1-5-3-15(10(18)12-9(5)17)8-2-6(13-14-11)7(4-16)19-8/h8-10H,7,11H2,1-6H3,(H,20,22);3,6-8,16H,2,4H2,1H3,(H,12,17,18)/t;6-,7+,8+/m.0/s1. The summed E-state index contributed by atoms with van der Waals surface area (Å²) in [6.07, 6.45) is 2.04. The molecule has 0 spiro atoms. The first-order valence-corrected chi connectivity index (χ1v) is 13.5. The van der Waals surface area contributed by atoms with Gasteiger partial charge in [0.25, 0.3) is 11.1 Å². The highest BCUT2D eigenvalue weighted by atomic mass is 16.5. The van der Waals surface area contributed by atoms with Gasteiger partial charge in [-0.15, -0.1) is 0 Å². The molecule has 1 saturated heterocycles. The lowest BCUT2D eigenvalue weighted by Gasteiger charge is -2.21. The van der Waals surface area contributed by atoms with Gasteiger partial charge in [-0.1, -0.05) is 41.4 Å². The van der Waals surface area contributed by atoms with Crippen molar-refractivity contribution in [3.63, 3.8) is 0 Å². The lowest BCUT2D eigenvalue weighted by Crippen LogP contribution is -2.33. The number of rotatable bonds is 7. The molecule has 2 aromatic heterocycles. The molecule has 41 heavy (non-hydrogen) atoms. The van der Waals surface area contributed by atoms with Gasteiger partial charge in [0.15, 0.2) is 0 Å². The highest BCUT2D eigenvalue weighted by molar-refractivity contribution is 5.57. The molecule has 0 bridgehead atoms. The first-order valence-electron chi connectivity index (χ1n) is 13.5. The third-order valence-electron chi connectivity index (χ3n) is 7.12. The van der Waals surface area contributed by atoms with Crippen LogP contribution in [0.25, 0.3) is 10.4 Å². The zero-order chi connectivity index (χ0) is 30.4. The van der Waals surface area contributed by atoms with Crippen LogP contribution in [0.5, 0.6) is 0 Å². The average molecular weight is 566 g/mol. The molecule has 3 atom stereocenters. The maximum absolute atomic E-state index is 12.4. The molecule has 0 radical (unpaired) electrons. The van der Waals surface area contributed by atoms with E-state index < -0.39 is 29.6 Å². The van der Waals surface area contributed by atoms with Crippen LogP contribution in [0.3, 0.4) is 0 Å². The lowest BCUT2D eigenvalue weighted by atomic mass is 9.94. The van der Waals surface area contributed by atoms with E-state index in [1.54, 1.807) is 6.92 Å². The van der Waals surface area contributed by atoms with Gasteiger partial charge in [-0.3, -0.25) is 19.1 Å². The Morgan fingerprint density at radius 1 is 1.07 bits per heavy atom. The Morgan fingerprint density at radius 2 is 1.73 bits per heavy atom. The minimum atomic E-state index is -0.671. The Hall–Kier alpha value is -4.12. The number of ether oxygens (including phenoxy) is 1. The minimum Gasteiger partial charge on any atom is -0.394 e. The second kappa shape index (κ2) is 13.5. The smallest absolute Gasteiger partial charge is 0.330 e. The number of pyridine rings is 1. The van der Waals surface area contributed by atoms with E-state index in [0.29, 0.717) is 5.56 Å². The van der Waals surface area contributed by atoms with E-state index in [2.05, 4.69) is 59.0 Å². The normalized spacial score (nSPS) is 17.9. The van der Waals surface area contributed by atoms with E-state index in [4.69, 9.17) is 15.4 Å². The fourth-order valence-electron chi connectivity index (χ4n) is 5.37. The van der Waals surface area contributed by atoms with Gasteiger partial charge in [-0.2, -0.15) is 0 Å². The molecule has 3 heterocycles. The number of nitrogens with zero attached hydrogens (tertiary/aromatic N) is 5. The Kier molecular flexibility index (Phi) is 10.3. The van der Waals surface area contributed by atoms with Crippen LogP contribution in [-0.2, 0) is 17.6 Å². The molecule has 1 fully saturated rings. The molecule has 220 valence electrons. The summed E-state index contributed by atoms with van der Waals surface area (Å²) in [5.74, 6) is 0. The SMILES string of the molecule is CCc1c(C)[nH]c(=O)c(N(C)C)c1Cc1cc(C)cc(C)c1.Cc1cn([C@H]2C[C@H](N=[N+]=[N-])[C@@H](CO)O2)c(=O)[nH]c1=O. The molecule has 1 aliphatic heterocycles. The van der Waals surface area contributed by atoms with Gasteiger partial charge >= 0.3 is 5.69 Å². The van der Waals surface area contributed by atoms with Crippen molar-refractivity contribution in [3.05, 3.63) is 105 Å². The van der Waals surface area contributed by atoms with Crippen molar-refractivity contribution in [1.29, 1.82) is 0 Å². The van der Waals surface area contributed by atoms with Crippen LogP contribution in [-0.4, -0.2) is 52.5 Å². The van der Waals surface area contributed by atoms with E-state index in [0.717, 1.165) is 29.8 Å². The first kappa shape index (κ1) is 31.4. The van der Waals surface area contributed by atoms with Crippen molar-refractivity contribution in [2.45, 2.75) is 72.3 Å². The van der Waals surface area contributed by atoms with Gasteiger partial charge < -0.3 is 19.7 Å². The molecule has 0 aliphatic carbocycles. The molecular weight excluding hydrogens is 526 g/mol. The van der Waals surface area contributed by atoms with Crippen LogP contribution in [0.1, 0.15) is 58.6 Å². The molecule has 3 N–H and O–H groups in total. The molecule has 4 rings (SSSR count). The van der Waals surface area contributed by atoms with Crippen LogP contribution in [0, 0.1) is 27.7 Å². The number of H-pyrrole nitrogens is 2. The van der Waals surface area contributed by atoms with E-state index >= 15 is 0 Å². The summed E-state index contributed by atoms with van der Waals surface area (Å²) >= 11 is 0. The highest BCUT2D eigenvalue weighted by Gasteiger charge is 2.35. The Bertz CT molecular complexity index is 1590. The first-order chi connectivity index (χ1) is 19.4. The Labute approximate surface area is 238 Å². The van der Waals surface area contributed by atoms with Gasteiger partial charge in [0, 0.05) is 49.3 Å². The predicted octanol–water partition coefficient (Wildman–Crippen LogP) is 3.32. The van der Waals surface area contributed by atoms with E-state index in [1.807, 2.05) is 25.9 Å². The zero-order valence-corrected chi connectivity index (χ0v) is 24.7. The topological polar surface area (TPSA) is 169 Å². The van der Waals surface area contributed by atoms with Crippen LogP contribution in [0.2, 0.25) is 0 Å². The van der Waals surface area contributed by atoms with Crippen LogP contribution < -0.4 is 21.7 Å². The van der Waals surface area contributed by atoms with Crippen LogP contribution in [0.4, 0.5) is 5.69 Å². The van der Waals surface area contributed by atoms with E-state index in [9.17, 15) is 14.4 Å². The summed E-state index contributed by atoms with van der Waals surface area (Å²) < 4.78 is 6.69. The number of azide groups is 1. The number of nitrogens with one attached hydrogen (secondary N) is 2. The quantitative estimate of drug-likeness (QED) is 0.225. The Balaban J connectivity index is 0.000000228. The third kappa shape index (κ3) is 7.35. The summed E-state index contributed by atoms with van der Waals surface area (Å²) in [5.41, 5.74) is 15.7. The van der Waals surface area contributed by atoms with Gasteiger partial charge in [0.1, 0.15) is 11.9 Å². The summed E-state index contributed by atoms with van der Waals surface area (Å²) in [4.78, 5) is 45.1. The minimum absolute atomic E-state index is 0.000856. The molecule has 12 nitrogen and oxygen atoms in total. The maximum Gasteiger partial charge on any atom is 0.330 e. The zero-order valence-electron chi connectivity index (χ0n) is 24.7. The molecule has 1 aliphatic rings. The van der Waals surface area contributed by atoms with Crippen molar-refractivity contribution >= 4 is 5.69 Å². The number of hydrogen-bond acceptors (Lipinski definition) is 7. The van der Waals surface area contributed by atoms with Gasteiger partial charge in [0.2, 0.25) is 0 Å². The van der Waals surface area contributed by atoms with E-state index in [1.165, 1.54) is 33.0 Å². The van der Waals surface area contributed by atoms with Crippen molar-refractivity contribution < 1.29 is 9.84 Å². The average Bonchev–Trinajstić information content (AvgIpc) is 3.28. The third-order valence-corrected chi connectivity index (χ3v) is 7.12. The molecule has 1 aromatic carbocycles. The van der Waals surface area contributed by atoms with Crippen LogP contribution >= 0.6 is 0 Å². The van der Waals surface area contributed by atoms with Crippen molar-refractivity contribution in [1.82, 2.24) is 14.5 Å². The van der Waals surface area contributed by atoms with Crippen molar-refractivity contribution in [2.24, 2.45) is 5.11 Å². The fraction of sp³-hybridized carbons (Fsp3) is 0.483. The summed E-state index contributed by atoms with van der Waals surface area (Å²) in [7, 11) is 3.87. The largest absolute Gasteiger partial charge is 0.394 e. The molecule has 0 unspecified atom stereocenters. The van der Waals surface area contributed by atoms with Gasteiger partial charge in [0.05, 0.1) is 18.8 Å². The lowest BCUT2D eigenvalue weighted by molar-refractivity contribution is -0.0271. The monoisotopic (exact) mass is 565 g/mol. The number of aromatic amines is 2. The molecule has 0 amide bonds. The summed E-state index contributed by atoms with van der Waals surface area (Å²) in [5, 5.41) is 12.7. The van der Waals surface area contributed by atoms with Gasteiger partial charge in [-0.05, 0) is 56.3 Å². The van der Waals surface area contributed by atoms with Crippen molar-refractivity contribution in [2.75, 3.05) is 25.6 Å². The predicted molar refractivity (Wildman–Crippen MR) is 159 cm³/mol. The summed E-state index contributed by atoms with van der Waals surface area (Å²) in [6.45, 7) is 9.63. The van der Waals surface area contributed by atoms with E-state index in [-0.39, 0.29) is 18.6 Å². The second-order valence-electron chi connectivity index (χ2n) is 10.6. The number of aryl methyl sites for hydroxylation is 4. The molecular formula is C29H39N7O5. The fourth-order valence-corrected chi connectivity index (χ4v) is 5.37. The maximum atomic E-state index is 12.4. The molecule has 12 heteroatoms. The molecule has 3 aromatic rings. The second-order valence-corrected chi connectivity index (χ2v) is 10.6. The van der Waals surface area contributed by atoms with Crippen LogP contribution in [0.15, 0.2) is 43.9 Å². The highest BCUT2D eigenvalue weighted by Crippen LogP contribution is 2.30. The number of benzene rings is 1. The number of aromatic nitrogens is 3. The van der Waals surface area contributed by atoms with Crippen molar-refractivity contribution in [3.8, 4) is 0 Å². The number of aliphatic hydroxyl groups excluding tert-OH is 1. The number of hydrogen-bond donors (Lipinski definition) is 3.